The lowest BCUT2D eigenvalue weighted by Crippen LogP contribution is -2.02. The number of aromatic hydroxyl groups is 1. The van der Waals surface area contributed by atoms with Crippen molar-refractivity contribution in [2.24, 2.45) is 5.92 Å². The van der Waals surface area contributed by atoms with Gasteiger partial charge in [0, 0.05) is 11.1 Å². The third-order valence-corrected chi connectivity index (χ3v) is 3.48. The van der Waals surface area contributed by atoms with Gasteiger partial charge in [0.15, 0.2) is 0 Å². The molecule has 108 valence electrons. The molecular formula is C17H24N2O. The smallest absolute Gasteiger partial charge is 0.213 e. The summed E-state index contributed by atoms with van der Waals surface area (Å²) in [6.45, 7) is 10.5. The van der Waals surface area contributed by atoms with Gasteiger partial charge in [0.05, 0.1) is 11.7 Å². The van der Waals surface area contributed by atoms with E-state index in [2.05, 4.69) is 38.0 Å². The number of nitrogens with zero attached hydrogens (tertiary/aromatic N) is 2. The van der Waals surface area contributed by atoms with Crippen LogP contribution in [0.2, 0.25) is 0 Å². The molecule has 3 nitrogen and oxygen atoms in total. The van der Waals surface area contributed by atoms with E-state index < -0.39 is 0 Å². The maximum atomic E-state index is 10.5. The molecule has 2 rings (SSSR count). The van der Waals surface area contributed by atoms with Gasteiger partial charge in [0.1, 0.15) is 0 Å². The predicted molar refractivity (Wildman–Crippen MR) is 83.0 cm³/mol. The summed E-state index contributed by atoms with van der Waals surface area (Å²) < 4.78 is 1.72. The first-order valence-corrected chi connectivity index (χ1v) is 7.28. The predicted octanol–water partition coefficient (Wildman–Crippen LogP) is 4.34. The van der Waals surface area contributed by atoms with Crippen LogP contribution in [0.1, 0.15) is 44.9 Å². The van der Waals surface area contributed by atoms with Gasteiger partial charge in [0.2, 0.25) is 5.88 Å². The van der Waals surface area contributed by atoms with Crippen molar-refractivity contribution >= 4 is 0 Å². The molecule has 1 aromatic carbocycles. The summed E-state index contributed by atoms with van der Waals surface area (Å²) in [5.41, 5.74) is 4.18. The molecule has 0 unspecified atom stereocenters. The summed E-state index contributed by atoms with van der Waals surface area (Å²) in [6, 6.07) is 8.36. The Bertz CT molecular complexity index is 597. The minimum Gasteiger partial charge on any atom is -0.493 e. The second-order valence-corrected chi connectivity index (χ2v) is 6.10. The van der Waals surface area contributed by atoms with Crippen LogP contribution in [0.15, 0.2) is 24.3 Å². The Labute approximate surface area is 121 Å². The summed E-state index contributed by atoms with van der Waals surface area (Å²) in [5, 5.41) is 15.1. The molecule has 1 heterocycles. The molecule has 0 fully saturated rings. The lowest BCUT2D eigenvalue weighted by molar-refractivity contribution is 0.372. The fourth-order valence-corrected chi connectivity index (χ4v) is 2.47. The average Bonchev–Trinajstić information content (AvgIpc) is 2.67. The molecular weight excluding hydrogens is 248 g/mol. The van der Waals surface area contributed by atoms with Crippen LogP contribution in [0, 0.1) is 12.8 Å². The Balaban J connectivity index is 2.62. The SMILES string of the molecule is Cc1ccccc1-c1nn(C(C)C)c(O)c1CC(C)C. The molecule has 0 bridgehead atoms. The van der Waals surface area contributed by atoms with Gasteiger partial charge in [-0.3, -0.25) is 0 Å². The van der Waals surface area contributed by atoms with Gasteiger partial charge in [-0.2, -0.15) is 5.10 Å². The van der Waals surface area contributed by atoms with Gasteiger partial charge >= 0.3 is 0 Å². The summed E-state index contributed by atoms with van der Waals surface area (Å²) >= 11 is 0. The summed E-state index contributed by atoms with van der Waals surface area (Å²) in [7, 11) is 0. The van der Waals surface area contributed by atoms with E-state index >= 15 is 0 Å². The monoisotopic (exact) mass is 272 g/mol. The van der Waals surface area contributed by atoms with Crippen molar-refractivity contribution in [3.63, 3.8) is 0 Å². The largest absolute Gasteiger partial charge is 0.493 e. The van der Waals surface area contributed by atoms with E-state index in [9.17, 15) is 5.11 Å². The molecule has 0 saturated heterocycles. The molecule has 3 heteroatoms. The zero-order chi connectivity index (χ0) is 14.9. The second-order valence-electron chi connectivity index (χ2n) is 6.10. The summed E-state index contributed by atoms with van der Waals surface area (Å²) in [5.74, 6) is 0.792. The van der Waals surface area contributed by atoms with Crippen molar-refractivity contribution in [2.75, 3.05) is 0 Å². The minimum absolute atomic E-state index is 0.152. The number of hydrogen-bond acceptors (Lipinski definition) is 2. The first-order valence-electron chi connectivity index (χ1n) is 7.28. The van der Waals surface area contributed by atoms with E-state index in [0.29, 0.717) is 11.8 Å². The molecule has 1 N–H and O–H groups in total. The minimum atomic E-state index is 0.152. The van der Waals surface area contributed by atoms with Gasteiger partial charge in [-0.15, -0.1) is 0 Å². The normalized spacial score (nSPS) is 11.6. The Morgan fingerprint density at radius 1 is 1.15 bits per heavy atom. The lowest BCUT2D eigenvalue weighted by atomic mass is 9.97. The number of aromatic nitrogens is 2. The fourth-order valence-electron chi connectivity index (χ4n) is 2.47. The molecule has 0 atom stereocenters. The molecule has 0 amide bonds. The first kappa shape index (κ1) is 14.6. The molecule has 20 heavy (non-hydrogen) atoms. The third kappa shape index (κ3) is 2.72. The topological polar surface area (TPSA) is 38.0 Å². The van der Waals surface area contributed by atoms with E-state index in [0.717, 1.165) is 23.2 Å². The highest BCUT2D eigenvalue weighted by Gasteiger charge is 2.21. The van der Waals surface area contributed by atoms with Crippen LogP contribution in [0.4, 0.5) is 0 Å². The van der Waals surface area contributed by atoms with Gasteiger partial charge < -0.3 is 5.11 Å². The van der Waals surface area contributed by atoms with Crippen LogP contribution in [-0.4, -0.2) is 14.9 Å². The Morgan fingerprint density at radius 2 is 1.80 bits per heavy atom. The highest BCUT2D eigenvalue weighted by Crippen LogP contribution is 2.34. The van der Waals surface area contributed by atoms with Crippen molar-refractivity contribution in [3.05, 3.63) is 35.4 Å². The second kappa shape index (κ2) is 5.70. The van der Waals surface area contributed by atoms with Gasteiger partial charge in [0.25, 0.3) is 0 Å². The van der Waals surface area contributed by atoms with E-state index in [-0.39, 0.29) is 6.04 Å². The van der Waals surface area contributed by atoms with Crippen LogP contribution in [0.3, 0.4) is 0 Å². The molecule has 0 radical (unpaired) electrons. The average molecular weight is 272 g/mol. The fraction of sp³-hybridized carbons (Fsp3) is 0.471. The molecule has 0 aliphatic rings. The lowest BCUT2D eigenvalue weighted by Gasteiger charge is -2.08. The van der Waals surface area contributed by atoms with Crippen LogP contribution >= 0.6 is 0 Å². The molecule has 0 aliphatic heterocycles. The van der Waals surface area contributed by atoms with Crippen molar-refractivity contribution in [1.82, 2.24) is 9.78 Å². The van der Waals surface area contributed by atoms with E-state index in [1.54, 1.807) is 4.68 Å². The number of hydrogen-bond donors (Lipinski definition) is 1. The van der Waals surface area contributed by atoms with E-state index in [4.69, 9.17) is 0 Å². The van der Waals surface area contributed by atoms with E-state index in [1.807, 2.05) is 26.0 Å². The standard InChI is InChI=1S/C17H24N2O/c1-11(2)10-15-16(14-9-7-6-8-13(14)5)18-19(12(3)4)17(15)20/h6-9,11-12,20H,10H2,1-5H3. The van der Waals surface area contributed by atoms with Gasteiger partial charge in [-0.05, 0) is 38.7 Å². The molecule has 0 aliphatic carbocycles. The van der Waals surface area contributed by atoms with E-state index in [1.165, 1.54) is 5.56 Å². The third-order valence-electron chi connectivity index (χ3n) is 3.48. The Morgan fingerprint density at radius 3 is 2.35 bits per heavy atom. The van der Waals surface area contributed by atoms with Crippen LogP contribution in [-0.2, 0) is 6.42 Å². The Hall–Kier alpha value is -1.77. The van der Waals surface area contributed by atoms with Gasteiger partial charge in [-0.1, -0.05) is 38.1 Å². The van der Waals surface area contributed by atoms with Crippen LogP contribution in [0.5, 0.6) is 5.88 Å². The number of aryl methyl sites for hydroxylation is 1. The van der Waals surface area contributed by atoms with Crippen molar-refractivity contribution in [1.29, 1.82) is 0 Å². The molecule has 0 saturated carbocycles. The van der Waals surface area contributed by atoms with Crippen molar-refractivity contribution in [3.8, 4) is 17.1 Å². The number of rotatable bonds is 4. The van der Waals surface area contributed by atoms with Gasteiger partial charge in [-0.25, -0.2) is 4.68 Å². The van der Waals surface area contributed by atoms with Crippen LogP contribution in [0.25, 0.3) is 11.3 Å². The first-order chi connectivity index (χ1) is 9.41. The molecule has 0 spiro atoms. The summed E-state index contributed by atoms with van der Waals surface area (Å²) in [4.78, 5) is 0. The maximum absolute atomic E-state index is 10.5. The molecule has 1 aromatic heterocycles. The van der Waals surface area contributed by atoms with Crippen molar-refractivity contribution in [2.45, 2.75) is 47.1 Å². The Kier molecular flexibility index (Phi) is 4.17. The highest BCUT2D eigenvalue weighted by atomic mass is 16.3. The zero-order valence-corrected chi connectivity index (χ0v) is 13.0. The molecule has 2 aromatic rings. The number of benzene rings is 1. The van der Waals surface area contributed by atoms with Crippen LogP contribution < -0.4 is 0 Å². The highest BCUT2D eigenvalue weighted by molar-refractivity contribution is 5.68. The zero-order valence-electron chi connectivity index (χ0n) is 13.0. The van der Waals surface area contributed by atoms with Crippen molar-refractivity contribution < 1.29 is 5.11 Å². The quantitative estimate of drug-likeness (QED) is 0.899. The summed E-state index contributed by atoms with van der Waals surface area (Å²) in [6.07, 6.45) is 0.836. The maximum Gasteiger partial charge on any atom is 0.213 e.